The minimum absolute atomic E-state index is 0.250. The molecule has 2 unspecified atom stereocenters. The molecule has 2 rings (SSSR count). The van der Waals surface area contributed by atoms with Gasteiger partial charge in [-0.25, -0.2) is 0 Å². The van der Waals surface area contributed by atoms with Crippen molar-refractivity contribution in [2.24, 2.45) is 5.92 Å². The Morgan fingerprint density at radius 3 is 2.44 bits per heavy atom. The van der Waals surface area contributed by atoms with Crippen LogP contribution in [0.4, 0.5) is 0 Å². The maximum atomic E-state index is 5.99. The number of methoxy groups -OCH3 is 1. The molecule has 1 heterocycles. The van der Waals surface area contributed by atoms with Crippen LogP contribution in [0.1, 0.15) is 45.4 Å². The van der Waals surface area contributed by atoms with E-state index < -0.39 is 0 Å². The highest BCUT2D eigenvalue weighted by Crippen LogP contribution is 2.26. The summed E-state index contributed by atoms with van der Waals surface area (Å²) < 4.78 is 11.3. The largest absolute Gasteiger partial charge is 0.377 e. The molecule has 0 bridgehead atoms. The zero-order valence-corrected chi connectivity index (χ0v) is 10.6. The Hall–Kier alpha value is -0.120. The topological polar surface area (TPSA) is 30.5 Å². The van der Waals surface area contributed by atoms with Gasteiger partial charge in [-0.05, 0) is 44.4 Å². The molecule has 1 aliphatic heterocycles. The lowest BCUT2D eigenvalue weighted by molar-refractivity contribution is 0.00510. The van der Waals surface area contributed by atoms with Gasteiger partial charge in [0.15, 0.2) is 0 Å². The number of rotatable bonds is 4. The van der Waals surface area contributed by atoms with E-state index in [0.29, 0.717) is 12.1 Å². The van der Waals surface area contributed by atoms with Crippen LogP contribution in [-0.4, -0.2) is 32.1 Å². The highest BCUT2D eigenvalue weighted by Gasteiger charge is 2.25. The average molecular weight is 227 g/mol. The number of ether oxygens (including phenoxy) is 2. The minimum Gasteiger partial charge on any atom is -0.377 e. The number of nitrogens with one attached hydrogen (secondary N) is 1. The quantitative estimate of drug-likeness (QED) is 0.799. The highest BCUT2D eigenvalue weighted by atomic mass is 16.5. The second-order valence-electron chi connectivity index (χ2n) is 5.38. The molecular weight excluding hydrogens is 202 g/mol. The van der Waals surface area contributed by atoms with E-state index in [1.54, 1.807) is 7.11 Å². The number of hydrogen-bond donors (Lipinski definition) is 1. The normalized spacial score (nSPS) is 40.1. The van der Waals surface area contributed by atoms with Crippen LogP contribution < -0.4 is 5.32 Å². The summed E-state index contributed by atoms with van der Waals surface area (Å²) >= 11 is 0. The van der Waals surface area contributed by atoms with E-state index in [0.717, 1.165) is 18.9 Å². The van der Waals surface area contributed by atoms with E-state index in [9.17, 15) is 0 Å². The van der Waals surface area contributed by atoms with Crippen molar-refractivity contribution in [2.75, 3.05) is 13.7 Å². The Bertz CT molecular complexity index is 200. The monoisotopic (exact) mass is 227 g/mol. The van der Waals surface area contributed by atoms with Gasteiger partial charge in [-0.1, -0.05) is 6.92 Å². The van der Waals surface area contributed by atoms with Crippen LogP contribution in [-0.2, 0) is 9.47 Å². The molecule has 1 saturated heterocycles. The predicted molar refractivity (Wildman–Crippen MR) is 64.3 cm³/mol. The highest BCUT2D eigenvalue weighted by molar-refractivity contribution is 4.79. The second kappa shape index (κ2) is 5.99. The molecule has 2 fully saturated rings. The van der Waals surface area contributed by atoms with E-state index in [4.69, 9.17) is 9.47 Å². The van der Waals surface area contributed by atoms with Gasteiger partial charge < -0.3 is 9.47 Å². The Balaban J connectivity index is 1.61. The fraction of sp³-hybridized carbons (Fsp3) is 1.00. The summed E-state index contributed by atoms with van der Waals surface area (Å²) in [4.78, 5) is 0. The molecule has 94 valence electrons. The molecule has 2 aliphatic rings. The van der Waals surface area contributed by atoms with Crippen molar-refractivity contribution in [1.82, 2.24) is 5.32 Å². The summed E-state index contributed by atoms with van der Waals surface area (Å²) in [6.07, 6.45) is 8.24. The Morgan fingerprint density at radius 2 is 1.81 bits per heavy atom. The van der Waals surface area contributed by atoms with Gasteiger partial charge in [-0.3, -0.25) is 5.32 Å². The Labute approximate surface area is 98.9 Å². The summed E-state index contributed by atoms with van der Waals surface area (Å²) in [5.74, 6) is 0.905. The molecule has 1 aliphatic carbocycles. The van der Waals surface area contributed by atoms with Crippen molar-refractivity contribution in [3.05, 3.63) is 0 Å². The van der Waals surface area contributed by atoms with Crippen molar-refractivity contribution < 1.29 is 9.47 Å². The minimum atomic E-state index is 0.250. The SMILES string of the molecule is COC1CCC(COC2CCC(C)CC2)N1. The predicted octanol–water partition coefficient (Wildman–Crippen LogP) is 2.31. The molecule has 3 nitrogen and oxygen atoms in total. The first-order chi connectivity index (χ1) is 7.78. The average Bonchev–Trinajstić information content (AvgIpc) is 2.76. The third kappa shape index (κ3) is 3.44. The van der Waals surface area contributed by atoms with Crippen LogP contribution >= 0.6 is 0 Å². The van der Waals surface area contributed by atoms with Crippen molar-refractivity contribution in [3.63, 3.8) is 0 Å². The summed E-state index contributed by atoms with van der Waals surface area (Å²) in [7, 11) is 1.77. The maximum Gasteiger partial charge on any atom is 0.108 e. The summed E-state index contributed by atoms with van der Waals surface area (Å²) in [5.41, 5.74) is 0. The van der Waals surface area contributed by atoms with Gasteiger partial charge in [0.2, 0.25) is 0 Å². The van der Waals surface area contributed by atoms with Gasteiger partial charge in [0, 0.05) is 13.2 Å². The summed E-state index contributed by atoms with van der Waals surface area (Å²) in [6, 6.07) is 0.504. The van der Waals surface area contributed by atoms with E-state index >= 15 is 0 Å². The molecular formula is C13H25NO2. The first kappa shape index (κ1) is 12.3. The van der Waals surface area contributed by atoms with Crippen molar-refractivity contribution in [2.45, 2.75) is 63.8 Å². The fourth-order valence-corrected chi connectivity index (χ4v) is 2.75. The first-order valence-electron chi connectivity index (χ1n) is 6.68. The van der Waals surface area contributed by atoms with Gasteiger partial charge in [0.05, 0.1) is 12.7 Å². The third-order valence-electron chi connectivity index (χ3n) is 3.98. The standard InChI is InChI=1S/C13H25NO2/c1-10-3-6-12(7-4-10)16-9-11-5-8-13(14-11)15-2/h10-14H,3-9H2,1-2H3. The van der Waals surface area contributed by atoms with Crippen LogP contribution in [0, 0.1) is 5.92 Å². The van der Waals surface area contributed by atoms with Crippen molar-refractivity contribution in [3.8, 4) is 0 Å². The zero-order valence-electron chi connectivity index (χ0n) is 10.6. The van der Waals surface area contributed by atoms with Gasteiger partial charge in [0.1, 0.15) is 6.23 Å². The second-order valence-corrected chi connectivity index (χ2v) is 5.38. The molecule has 0 aromatic heterocycles. The van der Waals surface area contributed by atoms with Gasteiger partial charge in [-0.2, -0.15) is 0 Å². The smallest absolute Gasteiger partial charge is 0.108 e. The lowest BCUT2D eigenvalue weighted by atomic mass is 9.89. The molecule has 2 atom stereocenters. The molecule has 0 aromatic carbocycles. The van der Waals surface area contributed by atoms with Gasteiger partial charge in [-0.15, -0.1) is 0 Å². The van der Waals surface area contributed by atoms with E-state index in [2.05, 4.69) is 12.2 Å². The van der Waals surface area contributed by atoms with E-state index in [1.165, 1.54) is 32.1 Å². The van der Waals surface area contributed by atoms with Crippen LogP contribution in [0.2, 0.25) is 0 Å². The van der Waals surface area contributed by atoms with Gasteiger partial charge >= 0.3 is 0 Å². The number of hydrogen-bond acceptors (Lipinski definition) is 3. The summed E-state index contributed by atoms with van der Waals surface area (Å²) in [5, 5.41) is 3.44. The molecule has 3 heteroatoms. The Kier molecular flexibility index (Phi) is 4.62. The lowest BCUT2D eigenvalue weighted by Gasteiger charge is -2.27. The van der Waals surface area contributed by atoms with Crippen molar-refractivity contribution >= 4 is 0 Å². The van der Waals surface area contributed by atoms with Crippen LogP contribution in [0.3, 0.4) is 0 Å². The van der Waals surface area contributed by atoms with Crippen LogP contribution in [0.25, 0.3) is 0 Å². The molecule has 1 N–H and O–H groups in total. The van der Waals surface area contributed by atoms with Crippen molar-refractivity contribution in [1.29, 1.82) is 0 Å². The molecule has 0 radical (unpaired) electrons. The maximum absolute atomic E-state index is 5.99. The van der Waals surface area contributed by atoms with Crippen LogP contribution in [0.5, 0.6) is 0 Å². The van der Waals surface area contributed by atoms with E-state index in [-0.39, 0.29) is 6.23 Å². The van der Waals surface area contributed by atoms with E-state index in [1.807, 2.05) is 0 Å². The molecule has 0 spiro atoms. The van der Waals surface area contributed by atoms with Gasteiger partial charge in [0.25, 0.3) is 0 Å². The first-order valence-corrected chi connectivity index (χ1v) is 6.68. The molecule has 0 amide bonds. The zero-order chi connectivity index (χ0) is 11.4. The fourth-order valence-electron chi connectivity index (χ4n) is 2.75. The molecule has 16 heavy (non-hydrogen) atoms. The summed E-state index contributed by atoms with van der Waals surface area (Å²) in [6.45, 7) is 3.21. The lowest BCUT2D eigenvalue weighted by Crippen LogP contribution is -2.35. The molecule has 1 saturated carbocycles. The molecule has 0 aromatic rings. The Morgan fingerprint density at radius 1 is 1.06 bits per heavy atom. The van der Waals surface area contributed by atoms with Crippen LogP contribution in [0.15, 0.2) is 0 Å². The third-order valence-corrected chi connectivity index (χ3v) is 3.98.